The number of rotatable bonds is 5. The molecule has 0 bridgehead atoms. The predicted octanol–water partition coefficient (Wildman–Crippen LogP) is 1.75. The Balaban J connectivity index is 2.00. The highest BCUT2D eigenvalue weighted by Crippen LogP contribution is 2.17. The molecule has 100 valence electrons. The third kappa shape index (κ3) is 3.34. The summed E-state index contributed by atoms with van der Waals surface area (Å²) < 4.78 is 7.11. The first-order valence-electron chi connectivity index (χ1n) is 6.19. The zero-order chi connectivity index (χ0) is 13.7. The third-order valence-electron chi connectivity index (χ3n) is 2.66. The molecular weight excluding hydrogens is 242 g/mol. The molecule has 0 unspecified atom stereocenters. The lowest BCUT2D eigenvalue weighted by atomic mass is 10.2. The highest BCUT2D eigenvalue weighted by atomic mass is 16.5. The minimum absolute atomic E-state index is 0.188. The van der Waals surface area contributed by atoms with Crippen LogP contribution in [0.3, 0.4) is 0 Å². The van der Waals surface area contributed by atoms with Gasteiger partial charge in [-0.3, -0.25) is 9.48 Å². The molecule has 1 aromatic carbocycles. The van der Waals surface area contributed by atoms with Crippen LogP contribution in [0.1, 0.15) is 23.0 Å². The SMILES string of the molecule is CCOc1ccccc1CNC(=O)c1ccn(C)n1. The molecule has 2 aromatic rings. The smallest absolute Gasteiger partial charge is 0.272 e. The van der Waals surface area contributed by atoms with Crippen LogP contribution < -0.4 is 10.1 Å². The predicted molar refractivity (Wildman–Crippen MR) is 72.0 cm³/mol. The number of hydrogen-bond acceptors (Lipinski definition) is 3. The van der Waals surface area contributed by atoms with Gasteiger partial charge in [0.15, 0.2) is 0 Å². The number of carbonyl (C=O) groups is 1. The molecule has 0 saturated heterocycles. The van der Waals surface area contributed by atoms with Gasteiger partial charge in [-0.15, -0.1) is 0 Å². The first-order chi connectivity index (χ1) is 9.20. The van der Waals surface area contributed by atoms with Crippen LogP contribution in [-0.2, 0) is 13.6 Å². The van der Waals surface area contributed by atoms with Crippen LogP contribution in [0.25, 0.3) is 0 Å². The average Bonchev–Trinajstić information content (AvgIpc) is 2.84. The van der Waals surface area contributed by atoms with Crippen molar-refractivity contribution in [3.05, 3.63) is 47.8 Å². The number of benzene rings is 1. The highest BCUT2D eigenvalue weighted by molar-refractivity contribution is 5.92. The van der Waals surface area contributed by atoms with Gasteiger partial charge in [-0.25, -0.2) is 0 Å². The second kappa shape index (κ2) is 6.04. The fraction of sp³-hybridized carbons (Fsp3) is 0.286. The highest BCUT2D eigenvalue weighted by Gasteiger charge is 2.09. The van der Waals surface area contributed by atoms with E-state index < -0.39 is 0 Å². The van der Waals surface area contributed by atoms with Crippen LogP contribution in [0.4, 0.5) is 0 Å². The largest absolute Gasteiger partial charge is 0.494 e. The molecule has 1 heterocycles. The van der Waals surface area contributed by atoms with Gasteiger partial charge in [0.2, 0.25) is 0 Å². The Labute approximate surface area is 112 Å². The van der Waals surface area contributed by atoms with Crippen molar-refractivity contribution in [2.75, 3.05) is 6.61 Å². The minimum Gasteiger partial charge on any atom is -0.494 e. The summed E-state index contributed by atoms with van der Waals surface area (Å²) >= 11 is 0. The summed E-state index contributed by atoms with van der Waals surface area (Å²) in [5.74, 6) is 0.609. The molecule has 0 aliphatic carbocycles. The van der Waals surface area contributed by atoms with Crippen LogP contribution >= 0.6 is 0 Å². The topological polar surface area (TPSA) is 56.1 Å². The number of para-hydroxylation sites is 1. The molecule has 1 aromatic heterocycles. The molecule has 0 fully saturated rings. The maximum Gasteiger partial charge on any atom is 0.272 e. The number of aromatic nitrogens is 2. The van der Waals surface area contributed by atoms with Gasteiger partial charge in [-0.2, -0.15) is 5.10 Å². The Morgan fingerprint density at radius 2 is 2.16 bits per heavy atom. The summed E-state index contributed by atoms with van der Waals surface area (Å²) in [6.07, 6.45) is 1.74. The molecule has 0 aliphatic rings. The van der Waals surface area contributed by atoms with Crippen LogP contribution in [0.2, 0.25) is 0 Å². The van der Waals surface area contributed by atoms with E-state index in [1.54, 1.807) is 24.0 Å². The molecule has 0 spiro atoms. The fourth-order valence-corrected chi connectivity index (χ4v) is 1.75. The van der Waals surface area contributed by atoms with Crippen LogP contribution in [0, 0.1) is 0 Å². The van der Waals surface area contributed by atoms with Gasteiger partial charge in [0.25, 0.3) is 5.91 Å². The lowest BCUT2D eigenvalue weighted by Gasteiger charge is -2.10. The third-order valence-corrected chi connectivity index (χ3v) is 2.66. The monoisotopic (exact) mass is 259 g/mol. The van der Waals surface area contributed by atoms with Gasteiger partial charge in [0, 0.05) is 25.4 Å². The van der Waals surface area contributed by atoms with E-state index >= 15 is 0 Å². The summed E-state index contributed by atoms with van der Waals surface area (Å²) in [7, 11) is 1.78. The van der Waals surface area contributed by atoms with Gasteiger partial charge >= 0.3 is 0 Å². The fourth-order valence-electron chi connectivity index (χ4n) is 1.75. The molecule has 1 N–H and O–H groups in total. The Hall–Kier alpha value is -2.30. The van der Waals surface area contributed by atoms with Crippen LogP contribution in [0.5, 0.6) is 5.75 Å². The first-order valence-corrected chi connectivity index (χ1v) is 6.19. The van der Waals surface area contributed by atoms with Crippen molar-refractivity contribution in [3.8, 4) is 5.75 Å². The Morgan fingerprint density at radius 3 is 2.84 bits per heavy atom. The van der Waals surface area contributed by atoms with Gasteiger partial charge in [0.05, 0.1) is 6.61 Å². The van der Waals surface area contributed by atoms with E-state index in [-0.39, 0.29) is 5.91 Å². The molecule has 0 radical (unpaired) electrons. The molecule has 1 amide bonds. The lowest BCUT2D eigenvalue weighted by molar-refractivity contribution is 0.0945. The van der Waals surface area contributed by atoms with Crippen molar-refractivity contribution in [2.24, 2.45) is 7.05 Å². The first kappa shape index (κ1) is 13.1. The number of hydrogen-bond donors (Lipinski definition) is 1. The van der Waals surface area contributed by atoms with Crippen molar-refractivity contribution in [1.82, 2.24) is 15.1 Å². The molecule has 0 aliphatic heterocycles. The van der Waals surface area contributed by atoms with Gasteiger partial charge in [-0.1, -0.05) is 18.2 Å². The number of nitrogens with zero attached hydrogens (tertiary/aromatic N) is 2. The molecule has 2 rings (SSSR count). The van der Waals surface area contributed by atoms with E-state index in [4.69, 9.17) is 4.74 Å². The summed E-state index contributed by atoms with van der Waals surface area (Å²) in [6.45, 7) is 2.96. The number of aryl methyl sites for hydroxylation is 1. The molecular formula is C14H17N3O2. The summed E-state index contributed by atoms with van der Waals surface area (Å²) in [5.41, 5.74) is 1.37. The Bertz CT molecular complexity index is 563. The molecule has 19 heavy (non-hydrogen) atoms. The van der Waals surface area contributed by atoms with E-state index in [0.717, 1.165) is 11.3 Å². The summed E-state index contributed by atoms with van der Waals surface area (Å²) in [6, 6.07) is 9.35. The van der Waals surface area contributed by atoms with Crippen molar-refractivity contribution in [2.45, 2.75) is 13.5 Å². The number of nitrogens with one attached hydrogen (secondary N) is 1. The molecule has 0 atom stereocenters. The van der Waals surface area contributed by atoms with Crippen molar-refractivity contribution < 1.29 is 9.53 Å². The second-order valence-corrected chi connectivity index (χ2v) is 4.10. The summed E-state index contributed by atoms with van der Waals surface area (Å²) in [5, 5.41) is 6.89. The number of ether oxygens (including phenoxy) is 1. The van der Waals surface area contributed by atoms with E-state index in [1.807, 2.05) is 31.2 Å². The maximum atomic E-state index is 11.9. The maximum absolute atomic E-state index is 11.9. The van der Waals surface area contributed by atoms with E-state index in [9.17, 15) is 4.79 Å². The second-order valence-electron chi connectivity index (χ2n) is 4.10. The van der Waals surface area contributed by atoms with Crippen LogP contribution in [-0.4, -0.2) is 22.3 Å². The number of carbonyl (C=O) groups excluding carboxylic acids is 1. The van der Waals surface area contributed by atoms with Crippen LogP contribution in [0.15, 0.2) is 36.5 Å². The van der Waals surface area contributed by atoms with E-state index in [2.05, 4.69) is 10.4 Å². The van der Waals surface area contributed by atoms with E-state index in [1.165, 1.54) is 0 Å². The zero-order valence-electron chi connectivity index (χ0n) is 11.1. The molecule has 0 saturated carbocycles. The standard InChI is InChI=1S/C14H17N3O2/c1-3-19-13-7-5-4-6-11(13)10-15-14(18)12-8-9-17(2)16-12/h4-9H,3,10H2,1-2H3,(H,15,18). The quantitative estimate of drug-likeness (QED) is 0.890. The van der Waals surface area contributed by atoms with Gasteiger partial charge in [0.1, 0.15) is 11.4 Å². The molecule has 5 heteroatoms. The van der Waals surface area contributed by atoms with Gasteiger partial charge < -0.3 is 10.1 Å². The Morgan fingerprint density at radius 1 is 1.37 bits per heavy atom. The Kier molecular flexibility index (Phi) is 4.18. The number of amides is 1. The lowest BCUT2D eigenvalue weighted by Crippen LogP contribution is -2.23. The van der Waals surface area contributed by atoms with Gasteiger partial charge in [-0.05, 0) is 19.1 Å². The minimum atomic E-state index is -0.188. The van der Waals surface area contributed by atoms with Crippen molar-refractivity contribution in [3.63, 3.8) is 0 Å². The van der Waals surface area contributed by atoms with Crippen molar-refractivity contribution in [1.29, 1.82) is 0 Å². The average molecular weight is 259 g/mol. The molecule has 5 nitrogen and oxygen atoms in total. The van der Waals surface area contributed by atoms with Crippen molar-refractivity contribution >= 4 is 5.91 Å². The summed E-state index contributed by atoms with van der Waals surface area (Å²) in [4.78, 5) is 11.9. The zero-order valence-corrected chi connectivity index (χ0v) is 11.1. The normalized spacial score (nSPS) is 10.2. The van der Waals surface area contributed by atoms with E-state index in [0.29, 0.717) is 18.8 Å².